The molecule has 0 amide bonds. The zero-order valence-electron chi connectivity index (χ0n) is 6.21. The minimum atomic E-state index is -0.434. The molecule has 66 valence electrons. The lowest BCUT2D eigenvalue weighted by Gasteiger charge is -1.96. The molecule has 13 heavy (non-hydrogen) atoms. The third-order valence-corrected chi connectivity index (χ3v) is 1.97. The van der Waals surface area contributed by atoms with Crippen LogP contribution in [0.5, 0.6) is 0 Å². The lowest BCUT2D eigenvalue weighted by Crippen LogP contribution is -2.08. The highest BCUT2D eigenvalue weighted by Crippen LogP contribution is 2.12. The van der Waals surface area contributed by atoms with Crippen molar-refractivity contribution in [2.75, 3.05) is 0 Å². The molecule has 0 unspecified atom stereocenters. The molecule has 2 aromatic rings. The normalized spacial score (nSPS) is 10.6. The van der Waals surface area contributed by atoms with Crippen molar-refractivity contribution in [3.8, 4) is 0 Å². The van der Waals surface area contributed by atoms with Crippen LogP contribution in [-0.4, -0.2) is 15.0 Å². The van der Waals surface area contributed by atoms with Crippen LogP contribution >= 0.6 is 23.2 Å². The van der Waals surface area contributed by atoms with E-state index in [1.165, 1.54) is 12.3 Å². The van der Waals surface area contributed by atoms with Crippen molar-refractivity contribution in [1.29, 1.82) is 0 Å². The van der Waals surface area contributed by atoms with Gasteiger partial charge >= 0.3 is 0 Å². The number of aromatic amines is 1. The van der Waals surface area contributed by atoms with Crippen molar-refractivity contribution >= 4 is 34.2 Å². The molecule has 0 bridgehead atoms. The molecule has 2 rings (SSSR count). The summed E-state index contributed by atoms with van der Waals surface area (Å²) in [5, 5.41) is 0.198. The predicted octanol–water partition coefficient (Wildman–Crippen LogP) is 1.62. The van der Waals surface area contributed by atoms with E-state index in [2.05, 4.69) is 15.0 Å². The van der Waals surface area contributed by atoms with Gasteiger partial charge < -0.3 is 4.98 Å². The van der Waals surface area contributed by atoms with Crippen molar-refractivity contribution in [3.05, 3.63) is 32.9 Å². The summed E-state index contributed by atoms with van der Waals surface area (Å²) in [5.41, 5.74) is 0.597. The van der Waals surface area contributed by atoms with Crippen LogP contribution in [0.2, 0.25) is 10.3 Å². The molecular weight excluding hydrogens is 213 g/mol. The fourth-order valence-electron chi connectivity index (χ4n) is 0.942. The average molecular weight is 216 g/mol. The quantitative estimate of drug-likeness (QED) is 0.680. The summed E-state index contributed by atoms with van der Waals surface area (Å²) in [6, 6.07) is 1.52. The molecule has 0 aromatic carbocycles. The Morgan fingerprint density at radius 1 is 1.38 bits per heavy atom. The third-order valence-electron chi connectivity index (χ3n) is 1.50. The number of H-pyrrole nitrogens is 1. The molecular formula is C7H3Cl2N3O. The van der Waals surface area contributed by atoms with Crippen molar-refractivity contribution in [2.24, 2.45) is 0 Å². The molecule has 0 atom stereocenters. The van der Waals surface area contributed by atoms with Gasteiger partial charge in [-0.3, -0.25) is 4.79 Å². The van der Waals surface area contributed by atoms with E-state index in [4.69, 9.17) is 23.2 Å². The molecule has 2 heterocycles. The van der Waals surface area contributed by atoms with Crippen LogP contribution in [0.3, 0.4) is 0 Å². The summed E-state index contributed by atoms with van der Waals surface area (Å²) in [7, 11) is 0. The van der Waals surface area contributed by atoms with Crippen molar-refractivity contribution in [1.82, 2.24) is 15.0 Å². The molecule has 6 heteroatoms. The van der Waals surface area contributed by atoms with E-state index in [1.54, 1.807) is 0 Å². The number of pyridine rings is 1. The van der Waals surface area contributed by atoms with E-state index in [0.717, 1.165) is 0 Å². The first-order valence-electron chi connectivity index (χ1n) is 3.38. The molecule has 0 saturated heterocycles. The van der Waals surface area contributed by atoms with E-state index in [-0.39, 0.29) is 5.15 Å². The van der Waals surface area contributed by atoms with Crippen molar-refractivity contribution in [3.63, 3.8) is 0 Å². The van der Waals surface area contributed by atoms with Gasteiger partial charge in [0, 0.05) is 6.07 Å². The fraction of sp³-hybridized carbons (Fsp3) is 0. The molecule has 0 aliphatic carbocycles. The van der Waals surface area contributed by atoms with E-state index >= 15 is 0 Å². The SMILES string of the molecule is O=c1[nH]c2cc(Cl)ncc2nc1Cl. The Kier molecular flexibility index (Phi) is 1.94. The number of halogens is 2. The van der Waals surface area contributed by atoms with Gasteiger partial charge in [0.2, 0.25) is 0 Å². The molecule has 0 saturated carbocycles. The zero-order chi connectivity index (χ0) is 9.42. The predicted molar refractivity (Wildman–Crippen MR) is 50.2 cm³/mol. The van der Waals surface area contributed by atoms with Gasteiger partial charge in [0.15, 0.2) is 5.15 Å². The maximum Gasteiger partial charge on any atom is 0.286 e. The zero-order valence-corrected chi connectivity index (χ0v) is 7.73. The molecule has 0 aliphatic heterocycles. The summed E-state index contributed by atoms with van der Waals surface area (Å²) < 4.78 is 0. The standard InChI is InChI=1S/C7H3Cl2N3O/c8-5-1-3-4(2-10-5)11-6(9)7(13)12-3/h1-2H,(H,12,13). The van der Waals surface area contributed by atoms with Crippen LogP contribution in [0, 0.1) is 0 Å². The third kappa shape index (κ3) is 1.50. The molecule has 0 aliphatic rings. The van der Waals surface area contributed by atoms with E-state index in [0.29, 0.717) is 16.2 Å². The summed E-state index contributed by atoms with van der Waals surface area (Å²) in [6.07, 6.45) is 1.44. The van der Waals surface area contributed by atoms with Gasteiger partial charge in [0.1, 0.15) is 10.7 Å². The number of aromatic nitrogens is 3. The number of rotatable bonds is 0. The second-order valence-electron chi connectivity index (χ2n) is 2.38. The van der Waals surface area contributed by atoms with Gasteiger partial charge in [0.05, 0.1) is 11.7 Å². The maximum absolute atomic E-state index is 11.0. The highest BCUT2D eigenvalue weighted by atomic mass is 35.5. The van der Waals surface area contributed by atoms with Crippen LogP contribution < -0.4 is 5.56 Å². The van der Waals surface area contributed by atoms with Gasteiger partial charge in [-0.1, -0.05) is 23.2 Å². The Labute approximate surface area is 82.5 Å². The lowest BCUT2D eigenvalue weighted by molar-refractivity contribution is 1.19. The number of nitrogens with one attached hydrogen (secondary N) is 1. The Hall–Kier alpha value is -1.13. The monoisotopic (exact) mass is 215 g/mol. The van der Waals surface area contributed by atoms with Gasteiger partial charge in [-0.2, -0.15) is 0 Å². The van der Waals surface area contributed by atoms with Crippen LogP contribution in [-0.2, 0) is 0 Å². The number of nitrogens with zero attached hydrogens (tertiary/aromatic N) is 2. The summed E-state index contributed by atoms with van der Waals surface area (Å²) >= 11 is 11.1. The molecule has 0 spiro atoms. The average Bonchev–Trinajstić information content (AvgIpc) is 2.08. The van der Waals surface area contributed by atoms with Crippen molar-refractivity contribution in [2.45, 2.75) is 0 Å². The molecule has 0 radical (unpaired) electrons. The van der Waals surface area contributed by atoms with Crippen LogP contribution in [0.1, 0.15) is 0 Å². The lowest BCUT2D eigenvalue weighted by atomic mass is 10.4. The Morgan fingerprint density at radius 2 is 2.15 bits per heavy atom. The molecule has 0 fully saturated rings. The Bertz CT molecular complexity index is 523. The van der Waals surface area contributed by atoms with Crippen LogP contribution in [0.25, 0.3) is 11.0 Å². The Morgan fingerprint density at radius 3 is 2.92 bits per heavy atom. The van der Waals surface area contributed by atoms with Crippen LogP contribution in [0.4, 0.5) is 0 Å². The highest BCUT2D eigenvalue weighted by Gasteiger charge is 2.02. The molecule has 1 N–H and O–H groups in total. The largest absolute Gasteiger partial charge is 0.318 e. The van der Waals surface area contributed by atoms with Gasteiger partial charge in [-0.05, 0) is 0 Å². The minimum absolute atomic E-state index is 0.100. The summed E-state index contributed by atoms with van der Waals surface area (Å²) in [4.78, 5) is 21.2. The smallest absolute Gasteiger partial charge is 0.286 e. The molecule has 4 nitrogen and oxygen atoms in total. The Balaban J connectivity index is 2.89. The second-order valence-corrected chi connectivity index (χ2v) is 3.13. The van der Waals surface area contributed by atoms with Crippen molar-refractivity contribution < 1.29 is 0 Å². The van der Waals surface area contributed by atoms with Gasteiger partial charge in [-0.25, -0.2) is 9.97 Å². The highest BCUT2D eigenvalue weighted by molar-refractivity contribution is 6.30. The second kappa shape index (κ2) is 2.97. The fourth-order valence-corrected chi connectivity index (χ4v) is 1.24. The van der Waals surface area contributed by atoms with Crippen LogP contribution in [0.15, 0.2) is 17.1 Å². The van der Waals surface area contributed by atoms with Gasteiger partial charge in [0.25, 0.3) is 5.56 Å². The first kappa shape index (κ1) is 8.47. The maximum atomic E-state index is 11.0. The molecule has 2 aromatic heterocycles. The van der Waals surface area contributed by atoms with Gasteiger partial charge in [-0.15, -0.1) is 0 Å². The van der Waals surface area contributed by atoms with E-state index < -0.39 is 5.56 Å². The first-order valence-corrected chi connectivity index (χ1v) is 4.13. The number of hydrogen-bond donors (Lipinski definition) is 1. The number of hydrogen-bond acceptors (Lipinski definition) is 3. The first-order chi connectivity index (χ1) is 6.16. The summed E-state index contributed by atoms with van der Waals surface area (Å²) in [5.74, 6) is 0. The van der Waals surface area contributed by atoms with E-state index in [9.17, 15) is 4.79 Å². The number of fused-ring (bicyclic) bond motifs is 1. The minimum Gasteiger partial charge on any atom is -0.318 e. The summed E-state index contributed by atoms with van der Waals surface area (Å²) in [6.45, 7) is 0. The van der Waals surface area contributed by atoms with E-state index in [1.807, 2.05) is 0 Å². The topological polar surface area (TPSA) is 58.6 Å².